The molecule has 0 radical (unpaired) electrons. The molecule has 5 rings (SSSR count). The monoisotopic (exact) mass is 456 g/mol. The maximum Gasteiger partial charge on any atom is 0.258 e. The van der Waals surface area contributed by atoms with Crippen molar-refractivity contribution in [2.45, 2.75) is 44.4 Å². The molecule has 5 heteroatoms. The predicted octanol–water partition coefficient (Wildman–Crippen LogP) is 5.62. The Kier molecular flexibility index (Phi) is 6.54. The molecule has 1 amide bonds. The summed E-state index contributed by atoms with van der Waals surface area (Å²) in [6.45, 7) is 4.07. The summed E-state index contributed by atoms with van der Waals surface area (Å²) in [7, 11) is 0. The third-order valence-corrected chi connectivity index (χ3v) is 6.87. The SMILES string of the molecule is CC1(c2ccc(OCCCc3ccccc3)cc2)Nc2ccccc2C(=O)N1CC1CCCO1. The molecule has 1 N–H and O–H groups in total. The second kappa shape index (κ2) is 9.90. The molecule has 0 spiro atoms. The molecular formula is C29H32N2O3. The van der Waals surface area contributed by atoms with Crippen LogP contribution in [0.4, 0.5) is 5.69 Å². The predicted molar refractivity (Wildman–Crippen MR) is 134 cm³/mol. The van der Waals surface area contributed by atoms with Crippen LogP contribution in [0, 0.1) is 0 Å². The van der Waals surface area contributed by atoms with E-state index >= 15 is 0 Å². The molecule has 2 aliphatic heterocycles. The number of amides is 1. The number of ether oxygens (including phenoxy) is 2. The summed E-state index contributed by atoms with van der Waals surface area (Å²) in [5, 5.41) is 3.64. The van der Waals surface area contributed by atoms with Crippen molar-refractivity contribution in [3.63, 3.8) is 0 Å². The molecule has 0 saturated carbocycles. The molecule has 1 saturated heterocycles. The second-order valence-corrected chi connectivity index (χ2v) is 9.26. The molecule has 0 aliphatic carbocycles. The van der Waals surface area contributed by atoms with Crippen molar-refractivity contribution in [2.24, 2.45) is 0 Å². The first-order valence-electron chi connectivity index (χ1n) is 12.2. The van der Waals surface area contributed by atoms with E-state index in [9.17, 15) is 4.79 Å². The van der Waals surface area contributed by atoms with E-state index in [1.807, 2.05) is 47.4 Å². The fourth-order valence-corrected chi connectivity index (χ4v) is 4.93. The third-order valence-electron chi connectivity index (χ3n) is 6.87. The van der Waals surface area contributed by atoms with Crippen molar-refractivity contribution in [1.29, 1.82) is 0 Å². The third kappa shape index (κ3) is 4.66. The number of aryl methyl sites for hydroxylation is 1. The van der Waals surface area contributed by atoms with Crippen molar-refractivity contribution in [3.05, 3.63) is 95.6 Å². The van der Waals surface area contributed by atoms with Crippen LogP contribution in [0.25, 0.3) is 0 Å². The van der Waals surface area contributed by atoms with Crippen LogP contribution in [0.2, 0.25) is 0 Å². The number of nitrogens with zero attached hydrogens (tertiary/aromatic N) is 1. The number of nitrogens with one attached hydrogen (secondary N) is 1. The molecule has 3 aromatic rings. The fourth-order valence-electron chi connectivity index (χ4n) is 4.93. The number of carbonyl (C=O) groups is 1. The lowest BCUT2D eigenvalue weighted by molar-refractivity contribution is 0.0242. The minimum absolute atomic E-state index is 0.0357. The summed E-state index contributed by atoms with van der Waals surface area (Å²) in [4.78, 5) is 15.5. The van der Waals surface area contributed by atoms with Crippen LogP contribution in [0.1, 0.15) is 47.7 Å². The van der Waals surface area contributed by atoms with Gasteiger partial charge in [-0.2, -0.15) is 0 Å². The van der Waals surface area contributed by atoms with Gasteiger partial charge in [0.1, 0.15) is 11.4 Å². The van der Waals surface area contributed by atoms with Gasteiger partial charge < -0.3 is 19.7 Å². The number of carbonyl (C=O) groups excluding carboxylic acids is 1. The van der Waals surface area contributed by atoms with Gasteiger partial charge in [0.25, 0.3) is 5.91 Å². The van der Waals surface area contributed by atoms with Gasteiger partial charge >= 0.3 is 0 Å². The summed E-state index contributed by atoms with van der Waals surface area (Å²) in [6.07, 6.45) is 4.06. The molecule has 2 aliphatic rings. The Morgan fingerprint density at radius 2 is 1.79 bits per heavy atom. The number of rotatable bonds is 8. The van der Waals surface area contributed by atoms with Crippen LogP contribution in [0.3, 0.4) is 0 Å². The average Bonchev–Trinajstić information content (AvgIpc) is 3.39. The highest BCUT2D eigenvalue weighted by molar-refractivity contribution is 6.02. The van der Waals surface area contributed by atoms with Crippen LogP contribution >= 0.6 is 0 Å². The Labute approximate surface area is 201 Å². The molecule has 2 atom stereocenters. The molecule has 0 aromatic heterocycles. The molecule has 34 heavy (non-hydrogen) atoms. The molecule has 3 aromatic carbocycles. The highest BCUT2D eigenvalue weighted by atomic mass is 16.5. The summed E-state index contributed by atoms with van der Waals surface area (Å²) >= 11 is 0. The molecule has 2 unspecified atom stereocenters. The number of para-hydroxylation sites is 1. The molecule has 2 heterocycles. The second-order valence-electron chi connectivity index (χ2n) is 9.26. The molecular weight excluding hydrogens is 424 g/mol. The van der Waals surface area contributed by atoms with Gasteiger partial charge in [-0.05, 0) is 68.0 Å². The van der Waals surface area contributed by atoms with Crippen molar-refractivity contribution >= 4 is 11.6 Å². The normalized spacial score (nSPS) is 21.7. The zero-order valence-corrected chi connectivity index (χ0v) is 19.7. The molecule has 176 valence electrons. The quantitative estimate of drug-likeness (QED) is 0.447. The van der Waals surface area contributed by atoms with E-state index in [1.165, 1.54) is 5.56 Å². The minimum atomic E-state index is -0.677. The van der Waals surface area contributed by atoms with Gasteiger partial charge in [0.15, 0.2) is 0 Å². The van der Waals surface area contributed by atoms with Gasteiger partial charge in [-0.3, -0.25) is 4.79 Å². The lowest BCUT2D eigenvalue weighted by Gasteiger charge is -2.47. The van der Waals surface area contributed by atoms with Crippen molar-refractivity contribution in [1.82, 2.24) is 4.90 Å². The molecule has 0 bridgehead atoms. The Hall–Kier alpha value is -3.31. The van der Waals surface area contributed by atoms with E-state index in [-0.39, 0.29) is 12.0 Å². The lowest BCUT2D eigenvalue weighted by atomic mass is 9.93. The van der Waals surface area contributed by atoms with Gasteiger partial charge in [-0.1, -0.05) is 54.6 Å². The topological polar surface area (TPSA) is 50.8 Å². The molecule has 5 nitrogen and oxygen atoms in total. The van der Waals surface area contributed by atoms with E-state index in [0.717, 1.165) is 49.3 Å². The smallest absolute Gasteiger partial charge is 0.258 e. The summed E-state index contributed by atoms with van der Waals surface area (Å²) in [5.41, 5.74) is 3.23. The van der Waals surface area contributed by atoms with Gasteiger partial charge in [-0.15, -0.1) is 0 Å². The van der Waals surface area contributed by atoms with Gasteiger partial charge in [0, 0.05) is 18.8 Å². The minimum Gasteiger partial charge on any atom is -0.494 e. The maximum atomic E-state index is 13.6. The standard InChI is InChI=1S/C29H32N2O3/c1-29(23-15-17-24(18-16-23)33-19-7-11-22-9-3-2-4-10-22)30-27-14-6-5-13-26(27)28(32)31(29)21-25-12-8-20-34-25/h2-6,9-10,13-18,25,30H,7-8,11-12,19-21H2,1H3. The zero-order valence-electron chi connectivity index (χ0n) is 19.7. The van der Waals surface area contributed by atoms with Crippen LogP contribution in [-0.4, -0.2) is 36.7 Å². The first kappa shape index (κ1) is 22.5. The fraction of sp³-hybridized carbons (Fsp3) is 0.345. The number of anilines is 1. The lowest BCUT2D eigenvalue weighted by Crippen LogP contribution is -2.57. The average molecular weight is 457 g/mol. The molecule has 1 fully saturated rings. The largest absolute Gasteiger partial charge is 0.494 e. The number of fused-ring (bicyclic) bond motifs is 1. The Bertz CT molecular complexity index is 1110. The van der Waals surface area contributed by atoms with Crippen LogP contribution < -0.4 is 10.1 Å². The van der Waals surface area contributed by atoms with Gasteiger partial charge in [0.05, 0.1) is 18.3 Å². The number of hydrogen-bond donors (Lipinski definition) is 1. The number of benzene rings is 3. The van der Waals surface area contributed by atoms with E-state index < -0.39 is 5.66 Å². The highest BCUT2D eigenvalue weighted by Gasteiger charge is 2.43. The van der Waals surface area contributed by atoms with E-state index in [4.69, 9.17) is 9.47 Å². The summed E-state index contributed by atoms with van der Waals surface area (Å²) in [5.74, 6) is 0.877. The van der Waals surface area contributed by atoms with Crippen LogP contribution in [-0.2, 0) is 16.8 Å². The Balaban J connectivity index is 1.31. The van der Waals surface area contributed by atoms with Crippen LogP contribution in [0.5, 0.6) is 5.75 Å². The summed E-state index contributed by atoms with van der Waals surface area (Å²) in [6, 6.07) is 26.3. The summed E-state index contributed by atoms with van der Waals surface area (Å²) < 4.78 is 11.9. The Morgan fingerprint density at radius 1 is 1.03 bits per heavy atom. The van der Waals surface area contributed by atoms with E-state index in [2.05, 4.69) is 48.6 Å². The number of hydrogen-bond acceptors (Lipinski definition) is 4. The zero-order chi connectivity index (χ0) is 23.4. The van der Waals surface area contributed by atoms with Gasteiger partial charge in [-0.25, -0.2) is 0 Å². The maximum absolute atomic E-state index is 13.6. The first-order chi connectivity index (χ1) is 16.6. The van der Waals surface area contributed by atoms with Crippen molar-refractivity contribution in [3.8, 4) is 5.75 Å². The Morgan fingerprint density at radius 3 is 2.56 bits per heavy atom. The highest BCUT2D eigenvalue weighted by Crippen LogP contribution is 2.39. The first-order valence-corrected chi connectivity index (χ1v) is 12.2. The van der Waals surface area contributed by atoms with Crippen molar-refractivity contribution in [2.75, 3.05) is 25.1 Å². The van der Waals surface area contributed by atoms with E-state index in [0.29, 0.717) is 18.7 Å². The van der Waals surface area contributed by atoms with Crippen LogP contribution in [0.15, 0.2) is 78.9 Å². The van der Waals surface area contributed by atoms with Crippen molar-refractivity contribution < 1.29 is 14.3 Å². The van der Waals surface area contributed by atoms with Gasteiger partial charge in [0.2, 0.25) is 0 Å². The van der Waals surface area contributed by atoms with E-state index in [1.54, 1.807) is 0 Å².